The minimum Gasteiger partial charge on any atom is -0.462 e. The second-order valence-electron chi connectivity index (χ2n) is 5.77. The van der Waals surface area contributed by atoms with Crippen LogP contribution in [0.2, 0.25) is 0 Å². The molecule has 2 aromatic carbocycles. The standard InChI is InChI=1S/C19H20N2O3/c1-3-11-24-18(22)16-12(2)20-19(23)21-17(16)15-10-6-8-13-7-4-5-9-14(13)15/h4-10,17H,3,11H2,1-2H3,(H2,20,21,23)/t17-/m1/s1. The summed E-state index contributed by atoms with van der Waals surface area (Å²) in [6, 6.07) is 12.9. The number of fused-ring (bicyclic) bond motifs is 1. The zero-order valence-corrected chi connectivity index (χ0v) is 13.8. The van der Waals surface area contributed by atoms with Gasteiger partial charge >= 0.3 is 12.0 Å². The molecule has 1 aliphatic rings. The van der Waals surface area contributed by atoms with E-state index in [9.17, 15) is 9.59 Å². The van der Waals surface area contributed by atoms with Gasteiger partial charge in [-0.25, -0.2) is 9.59 Å². The largest absolute Gasteiger partial charge is 0.462 e. The first-order valence-electron chi connectivity index (χ1n) is 8.05. The molecule has 0 saturated carbocycles. The number of nitrogens with one attached hydrogen (secondary N) is 2. The van der Waals surface area contributed by atoms with Gasteiger partial charge in [0.2, 0.25) is 0 Å². The zero-order chi connectivity index (χ0) is 17.1. The molecule has 0 aliphatic carbocycles. The summed E-state index contributed by atoms with van der Waals surface area (Å²) in [6.45, 7) is 4.02. The van der Waals surface area contributed by atoms with Crippen molar-refractivity contribution in [2.45, 2.75) is 26.3 Å². The topological polar surface area (TPSA) is 67.4 Å². The minimum atomic E-state index is -0.533. The van der Waals surface area contributed by atoms with E-state index in [0.29, 0.717) is 17.9 Å². The molecular formula is C19H20N2O3. The fraction of sp³-hybridized carbons (Fsp3) is 0.263. The maximum Gasteiger partial charge on any atom is 0.338 e. The summed E-state index contributed by atoms with van der Waals surface area (Å²) >= 11 is 0. The van der Waals surface area contributed by atoms with E-state index in [1.807, 2.05) is 49.4 Å². The van der Waals surface area contributed by atoms with Crippen LogP contribution in [0.4, 0.5) is 4.79 Å². The van der Waals surface area contributed by atoms with Crippen LogP contribution >= 0.6 is 0 Å². The maximum atomic E-state index is 12.5. The van der Waals surface area contributed by atoms with Crippen molar-refractivity contribution in [3.05, 3.63) is 59.3 Å². The predicted octanol–water partition coefficient (Wildman–Crippen LogP) is 3.42. The van der Waals surface area contributed by atoms with E-state index >= 15 is 0 Å². The maximum absolute atomic E-state index is 12.5. The Morgan fingerprint density at radius 1 is 1.17 bits per heavy atom. The lowest BCUT2D eigenvalue weighted by molar-refractivity contribution is -0.139. The molecule has 1 atom stereocenters. The van der Waals surface area contributed by atoms with Crippen molar-refractivity contribution in [1.82, 2.24) is 10.6 Å². The highest BCUT2D eigenvalue weighted by molar-refractivity contribution is 5.97. The van der Waals surface area contributed by atoms with Gasteiger partial charge in [-0.3, -0.25) is 0 Å². The van der Waals surface area contributed by atoms with Crippen LogP contribution in [0.15, 0.2) is 53.7 Å². The fourth-order valence-corrected chi connectivity index (χ4v) is 2.97. The molecule has 24 heavy (non-hydrogen) atoms. The normalized spacial score (nSPS) is 17.4. The third-order valence-electron chi connectivity index (χ3n) is 4.06. The van der Waals surface area contributed by atoms with Gasteiger partial charge in [-0.1, -0.05) is 49.4 Å². The molecule has 3 rings (SSSR count). The highest BCUT2D eigenvalue weighted by Gasteiger charge is 2.32. The number of urea groups is 1. The number of ether oxygens (including phenoxy) is 1. The lowest BCUT2D eigenvalue weighted by atomic mass is 9.91. The molecule has 1 heterocycles. The van der Waals surface area contributed by atoms with Crippen LogP contribution in [-0.2, 0) is 9.53 Å². The van der Waals surface area contributed by atoms with Crippen molar-refractivity contribution < 1.29 is 14.3 Å². The highest BCUT2D eigenvalue weighted by atomic mass is 16.5. The SMILES string of the molecule is CCCOC(=O)C1=C(C)NC(=O)N[C@@H]1c1cccc2ccccc12. The summed E-state index contributed by atoms with van der Waals surface area (Å²) in [6.07, 6.45) is 0.747. The second kappa shape index (κ2) is 6.74. The smallest absolute Gasteiger partial charge is 0.338 e. The van der Waals surface area contributed by atoms with Crippen LogP contribution in [0.1, 0.15) is 31.9 Å². The van der Waals surface area contributed by atoms with Crippen LogP contribution in [-0.4, -0.2) is 18.6 Å². The Kier molecular flexibility index (Phi) is 4.51. The van der Waals surface area contributed by atoms with Crippen molar-refractivity contribution >= 4 is 22.8 Å². The van der Waals surface area contributed by atoms with E-state index in [4.69, 9.17) is 4.74 Å². The van der Waals surface area contributed by atoms with E-state index in [1.54, 1.807) is 6.92 Å². The number of benzene rings is 2. The molecule has 5 nitrogen and oxygen atoms in total. The average molecular weight is 324 g/mol. The van der Waals surface area contributed by atoms with Gasteiger partial charge in [-0.05, 0) is 29.7 Å². The monoisotopic (exact) mass is 324 g/mol. The third kappa shape index (κ3) is 2.97. The summed E-state index contributed by atoms with van der Waals surface area (Å²) in [5.74, 6) is -0.403. The molecule has 0 spiro atoms. The average Bonchev–Trinajstić information content (AvgIpc) is 2.58. The Morgan fingerprint density at radius 3 is 2.71 bits per heavy atom. The first-order chi connectivity index (χ1) is 11.6. The number of rotatable bonds is 4. The molecule has 5 heteroatoms. The van der Waals surface area contributed by atoms with Crippen molar-refractivity contribution in [1.29, 1.82) is 0 Å². The Morgan fingerprint density at radius 2 is 1.92 bits per heavy atom. The lowest BCUT2D eigenvalue weighted by Gasteiger charge is -2.29. The minimum absolute atomic E-state index is 0.322. The number of esters is 1. The van der Waals surface area contributed by atoms with Crippen LogP contribution in [0.25, 0.3) is 10.8 Å². The lowest BCUT2D eigenvalue weighted by Crippen LogP contribution is -2.45. The third-order valence-corrected chi connectivity index (χ3v) is 4.06. The van der Waals surface area contributed by atoms with E-state index < -0.39 is 12.0 Å². The summed E-state index contributed by atoms with van der Waals surface area (Å²) in [7, 11) is 0. The van der Waals surface area contributed by atoms with Gasteiger partial charge in [-0.15, -0.1) is 0 Å². The molecule has 0 aromatic heterocycles. The molecule has 124 valence electrons. The van der Waals surface area contributed by atoms with E-state index in [0.717, 1.165) is 22.8 Å². The second-order valence-corrected chi connectivity index (χ2v) is 5.77. The number of carbonyl (C=O) groups is 2. The van der Waals surface area contributed by atoms with Gasteiger partial charge in [-0.2, -0.15) is 0 Å². The van der Waals surface area contributed by atoms with Gasteiger partial charge in [0.15, 0.2) is 0 Å². The van der Waals surface area contributed by atoms with Crippen LogP contribution in [0, 0.1) is 0 Å². The predicted molar refractivity (Wildman–Crippen MR) is 92.3 cm³/mol. The molecule has 2 amide bonds. The van der Waals surface area contributed by atoms with E-state index in [1.165, 1.54) is 0 Å². The number of allylic oxidation sites excluding steroid dienone is 1. The number of carbonyl (C=O) groups excluding carboxylic acids is 2. The van der Waals surface area contributed by atoms with Crippen molar-refractivity contribution in [2.24, 2.45) is 0 Å². The van der Waals surface area contributed by atoms with Gasteiger partial charge in [0.05, 0.1) is 18.2 Å². The molecule has 0 fully saturated rings. The van der Waals surface area contributed by atoms with Crippen LogP contribution in [0.5, 0.6) is 0 Å². The van der Waals surface area contributed by atoms with Gasteiger partial charge < -0.3 is 15.4 Å². The number of hydrogen-bond acceptors (Lipinski definition) is 3. The Balaban J connectivity index is 2.10. The number of hydrogen-bond donors (Lipinski definition) is 2. The quantitative estimate of drug-likeness (QED) is 0.847. The van der Waals surface area contributed by atoms with E-state index in [-0.39, 0.29) is 6.03 Å². The molecule has 0 bridgehead atoms. The summed E-state index contributed by atoms with van der Waals surface area (Å²) < 4.78 is 5.31. The first-order valence-corrected chi connectivity index (χ1v) is 8.05. The molecule has 0 radical (unpaired) electrons. The van der Waals surface area contributed by atoms with Crippen molar-refractivity contribution in [3.63, 3.8) is 0 Å². The van der Waals surface area contributed by atoms with Gasteiger partial charge in [0.1, 0.15) is 0 Å². The van der Waals surface area contributed by atoms with Crippen LogP contribution < -0.4 is 10.6 Å². The Hall–Kier alpha value is -2.82. The van der Waals surface area contributed by atoms with Gasteiger partial charge in [0, 0.05) is 5.70 Å². The van der Waals surface area contributed by atoms with Crippen molar-refractivity contribution in [3.8, 4) is 0 Å². The zero-order valence-electron chi connectivity index (χ0n) is 13.8. The molecule has 0 saturated heterocycles. The Labute approximate surface area is 140 Å². The number of amides is 2. The molecule has 2 aromatic rings. The molecule has 2 N–H and O–H groups in total. The molecule has 1 aliphatic heterocycles. The highest BCUT2D eigenvalue weighted by Crippen LogP contribution is 2.32. The summed E-state index contributed by atoms with van der Waals surface area (Å²) in [4.78, 5) is 24.5. The van der Waals surface area contributed by atoms with Crippen LogP contribution in [0.3, 0.4) is 0 Å². The Bertz CT molecular complexity index is 821. The fourth-order valence-electron chi connectivity index (χ4n) is 2.97. The first kappa shape index (κ1) is 16.1. The van der Waals surface area contributed by atoms with E-state index in [2.05, 4.69) is 10.6 Å². The van der Waals surface area contributed by atoms with Crippen molar-refractivity contribution in [2.75, 3.05) is 6.61 Å². The van der Waals surface area contributed by atoms with Gasteiger partial charge in [0.25, 0.3) is 0 Å². The molecule has 0 unspecified atom stereocenters. The summed E-state index contributed by atoms with van der Waals surface area (Å²) in [5.41, 5.74) is 1.85. The molecular weight excluding hydrogens is 304 g/mol. The summed E-state index contributed by atoms with van der Waals surface area (Å²) in [5, 5.41) is 7.57.